The summed E-state index contributed by atoms with van der Waals surface area (Å²) in [5, 5.41) is 3.24. The van der Waals surface area contributed by atoms with E-state index >= 15 is 0 Å². The van der Waals surface area contributed by atoms with E-state index in [0.29, 0.717) is 43.6 Å². The van der Waals surface area contributed by atoms with Crippen molar-refractivity contribution in [1.29, 1.82) is 0 Å². The second-order valence-electron chi connectivity index (χ2n) is 6.79. The van der Waals surface area contributed by atoms with Crippen molar-refractivity contribution in [2.75, 3.05) is 36.4 Å². The number of hydrogen-bond donors (Lipinski definition) is 1. The lowest BCUT2D eigenvalue weighted by Gasteiger charge is -2.34. The van der Waals surface area contributed by atoms with E-state index in [-0.39, 0.29) is 5.91 Å². The van der Waals surface area contributed by atoms with Gasteiger partial charge in [-0.2, -0.15) is 0 Å². The molecular weight excluding hydrogens is 366 g/mol. The molecule has 3 heterocycles. The molecule has 1 saturated heterocycles. The molecule has 2 aromatic heterocycles. The predicted octanol–water partition coefficient (Wildman–Crippen LogP) is 2.54. The van der Waals surface area contributed by atoms with E-state index in [4.69, 9.17) is 0 Å². The Bertz CT molecular complexity index is 954. The highest BCUT2D eigenvalue weighted by molar-refractivity contribution is 5.93. The second kappa shape index (κ2) is 8.64. The third-order valence-corrected chi connectivity index (χ3v) is 4.92. The van der Waals surface area contributed by atoms with Crippen LogP contribution in [-0.2, 0) is 6.42 Å². The normalized spacial score (nSPS) is 14.0. The van der Waals surface area contributed by atoms with E-state index in [1.165, 1.54) is 11.9 Å². The maximum Gasteiger partial charge on any atom is 0.272 e. The number of nitrogens with one attached hydrogen (secondary N) is 1. The molecule has 0 radical (unpaired) electrons. The van der Waals surface area contributed by atoms with Crippen LogP contribution in [0.4, 0.5) is 17.5 Å². The molecule has 8 nitrogen and oxygen atoms in total. The maximum absolute atomic E-state index is 12.9. The Morgan fingerprint density at radius 2 is 1.72 bits per heavy atom. The van der Waals surface area contributed by atoms with Gasteiger partial charge in [-0.3, -0.25) is 4.79 Å². The topological polar surface area (TPSA) is 87.1 Å². The second-order valence-corrected chi connectivity index (χ2v) is 6.79. The first-order valence-corrected chi connectivity index (χ1v) is 9.72. The summed E-state index contributed by atoms with van der Waals surface area (Å²) in [7, 11) is 0. The highest BCUT2D eigenvalue weighted by atomic mass is 16.2. The van der Waals surface area contributed by atoms with Crippen molar-refractivity contribution in [1.82, 2.24) is 24.8 Å². The van der Waals surface area contributed by atoms with E-state index < -0.39 is 0 Å². The van der Waals surface area contributed by atoms with Crippen molar-refractivity contribution < 1.29 is 4.79 Å². The average molecular weight is 389 g/mol. The van der Waals surface area contributed by atoms with Crippen molar-refractivity contribution in [2.45, 2.75) is 13.3 Å². The number of piperazine rings is 1. The molecule has 1 amide bonds. The lowest BCUT2D eigenvalue weighted by molar-refractivity contribution is 0.0740. The Morgan fingerprint density at radius 3 is 2.41 bits per heavy atom. The van der Waals surface area contributed by atoms with Crippen LogP contribution >= 0.6 is 0 Å². The van der Waals surface area contributed by atoms with Crippen molar-refractivity contribution in [2.24, 2.45) is 0 Å². The molecule has 0 bridgehead atoms. The number of amides is 1. The molecule has 0 aliphatic carbocycles. The zero-order chi connectivity index (χ0) is 20.1. The quantitative estimate of drug-likeness (QED) is 0.717. The van der Waals surface area contributed by atoms with Crippen LogP contribution in [0.5, 0.6) is 0 Å². The number of anilines is 3. The fraction of sp³-hybridized carbons (Fsp3) is 0.286. The highest BCUT2D eigenvalue weighted by Gasteiger charge is 2.24. The molecule has 1 N–H and O–H groups in total. The van der Waals surface area contributed by atoms with Gasteiger partial charge in [0.05, 0.1) is 0 Å². The number of carbonyl (C=O) groups excluding carboxylic acids is 1. The van der Waals surface area contributed by atoms with Gasteiger partial charge in [-0.1, -0.05) is 19.1 Å². The number of carbonyl (C=O) groups is 1. The first-order chi connectivity index (χ1) is 14.2. The molecule has 3 aromatic rings. The van der Waals surface area contributed by atoms with Gasteiger partial charge in [0.2, 0.25) is 5.95 Å². The summed E-state index contributed by atoms with van der Waals surface area (Å²) in [6.07, 6.45) is 5.87. The molecule has 1 aliphatic rings. The van der Waals surface area contributed by atoms with Crippen LogP contribution in [0.1, 0.15) is 23.0 Å². The number of rotatable bonds is 5. The van der Waals surface area contributed by atoms with Crippen molar-refractivity contribution >= 4 is 23.4 Å². The first-order valence-electron chi connectivity index (χ1n) is 9.72. The summed E-state index contributed by atoms with van der Waals surface area (Å²) >= 11 is 0. The third kappa shape index (κ3) is 4.48. The zero-order valence-corrected chi connectivity index (χ0v) is 16.3. The Kier molecular flexibility index (Phi) is 5.60. The van der Waals surface area contributed by atoms with Gasteiger partial charge in [-0.25, -0.2) is 19.9 Å². The van der Waals surface area contributed by atoms with E-state index in [2.05, 4.69) is 49.2 Å². The van der Waals surface area contributed by atoms with Crippen LogP contribution in [0.25, 0.3) is 0 Å². The monoisotopic (exact) mass is 389 g/mol. The van der Waals surface area contributed by atoms with Gasteiger partial charge in [0.1, 0.15) is 17.8 Å². The number of benzene rings is 1. The molecule has 1 aliphatic heterocycles. The molecule has 1 fully saturated rings. The Hall–Kier alpha value is -3.55. The number of hydrogen-bond acceptors (Lipinski definition) is 7. The first kappa shape index (κ1) is 18.8. The van der Waals surface area contributed by atoms with E-state index in [0.717, 1.165) is 12.1 Å². The maximum atomic E-state index is 12.9. The van der Waals surface area contributed by atoms with Crippen LogP contribution in [-0.4, -0.2) is 56.9 Å². The highest BCUT2D eigenvalue weighted by Crippen LogP contribution is 2.17. The van der Waals surface area contributed by atoms with Crippen molar-refractivity contribution in [3.05, 3.63) is 66.4 Å². The summed E-state index contributed by atoms with van der Waals surface area (Å²) in [5.74, 6) is 1.21. The molecule has 8 heteroatoms. The standard InChI is InChI=1S/C21H23N7O/c1-2-16-4-6-17(7-5-16)26-19-14-18(24-15-25-19)20(29)27-10-12-28(13-11-27)21-22-8-3-9-23-21/h3-9,14-15H,2,10-13H2,1H3,(H,24,25,26). The Morgan fingerprint density at radius 1 is 1.00 bits per heavy atom. The molecule has 1 aromatic carbocycles. The van der Waals surface area contributed by atoms with Gasteiger partial charge in [0, 0.05) is 50.3 Å². The fourth-order valence-corrected chi connectivity index (χ4v) is 3.24. The molecular formula is C21H23N7O. The largest absolute Gasteiger partial charge is 0.340 e. The van der Waals surface area contributed by atoms with Crippen LogP contribution in [0.2, 0.25) is 0 Å². The summed E-state index contributed by atoms with van der Waals surface area (Å²) in [6.45, 7) is 4.70. The summed E-state index contributed by atoms with van der Waals surface area (Å²) in [6, 6.07) is 11.7. The Labute approximate surface area is 169 Å². The minimum Gasteiger partial charge on any atom is -0.340 e. The summed E-state index contributed by atoms with van der Waals surface area (Å²) in [4.78, 5) is 33.7. The van der Waals surface area contributed by atoms with E-state index in [1.807, 2.05) is 17.0 Å². The lowest BCUT2D eigenvalue weighted by atomic mass is 10.1. The minimum absolute atomic E-state index is 0.0922. The number of nitrogens with zero attached hydrogens (tertiary/aromatic N) is 6. The smallest absolute Gasteiger partial charge is 0.272 e. The van der Waals surface area contributed by atoms with Gasteiger partial charge in [-0.15, -0.1) is 0 Å². The van der Waals surface area contributed by atoms with Crippen LogP contribution in [0.3, 0.4) is 0 Å². The Balaban J connectivity index is 1.39. The third-order valence-electron chi connectivity index (χ3n) is 4.92. The minimum atomic E-state index is -0.0922. The molecule has 0 unspecified atom stereocenters. The fourth-order valence-electron chi connectivity index (χ4n) is 3.24. The number of aryl methyl sites for hydroxylation is 1. The molecule has 4 rings (SSSR count). The predicted molar refractivity (Wildman–Crippen MR) is 111 cm³/mol. The molecule has 0 spiro atoms. The SMILES string of the molecule is CCc1ccc(Nc2cc(C(=O)N3CCN(c4ncccn4)CC3)ncn2)cc1. The molecule has 29 heavy (non-hydrogen) atoms. The van der Waals surface area contributed by atoms with Crippen LogP contribution < -0.4 is 10.2 Å². The van der Waals surface area contributed by atoms with E-state index in [1.54, 1.807) is 24.5 Å². The van der Waals surface area contributed by atoms with E-state index in [9.17, 15) is 4.79 Å². The van der Waals surface area contributed by atoms with Crippen LogP contribution in [0, 0.1) is 0 Å². The average Bonchev–Trinajstić information content (AvgIpc) is 2.80. The summed E-state index contributed by atoms with van der Waals surface area (Å²) in [5.41, 5.74) is 2.59. The number of aromatic nitrogens is 4. The van der Waals surface area contributed by atoms with Crippen molar-refractivity contribution in [3.63, 3.8) is 0 Å². The van der Waals surface area contributed by atoms with Crippen molar-refractivity contribution in [3.8, 4) is 0 Å². The van der Waals surface area contributed by atoms with Gasteiger partial charge < -0.3 is 15.1 Å². The molecule has 0 saturated carbocycles. The van der Waals surface area contributed by atoms with Gasteiger partial charge in [-0.05, 0) is 30.2 Å². The lowest BCUT2D eigenvalue weighted by Crippen LogP contribution is -2.49. The van der Waals surface area contributed by atoms with Gasteiger partial charge in [0.15, 0.2) is 0 Å². The van der Waals surface area contributed by atoms with Gasteiger partial charge >= 0.3 is 0 Å². The zero-order valence-electron chi connectivity index (χ0n) is 16.3. The van der Waals surface area contributed by atoms with Gasteiger partial charge in [0.25, 0.3) is 5.91 Å². The molecule has 148 valence electrons. The molecule has 0 atom stereocenters. The van der Waals surface area contributed by atoms with Crippen LogP contribution in [0.15, 0.2) is 55.1 Å². The summed E-state index contributed by atoms with van der Waals surface area (Å²) < 4.78 is 0.